The molecule has 2 aromatic rings. The number of rotatable bonds is 6. The first-order valence-corrected chi connectivity index (χ1v) is 7.97. The van der Waals surface area contributed by atoms with Gasteiger partial charge in [0.1, 0.15) is 11.6 Å². The molecule has 6 nitrogen and oxygen atoms in total. The summed E-state index contributed by atoms with van der Waals surface area (Å²) in [7, 11) is 0. The Morgan fingerprint density at radius 3 is 2.54 bits per heavy atom. The number of nitro groups is 1. The smallest absolute Gasteiger partial charge is 0.276 e. The van der Waals surface area contributed by atoms with Gasteiger partial charge in [-0.2, -0.15) is 5.26 Å². The molecule has 0 aliphatic rings. The van der Waals surface area contributed by atoms with Gasteiger partial charge >= 0.3 is 0 Å². The first kappa shape index (κ1) is 18.6. The van der Waals surface area contributed by atoms with E-state index >= 15 is 0 Å². The summed E-state index contributed by atoms with van der Waals surface area (Å²) in [6.45, 7) is 2.04. The Balaban J connectivity index is 2.13. The Bertz CT molecular complexity index is 907. The minimum Gasteiger partial charge on any atom is -0.321 e. The molecular formula is C20H17N3O3. The van der Waals surface area contributed by atoms with Crippen molar-refractivity contribution >= 4 is 23.4 Å². The second-order valence-electron chi connectivity index (χ2n) is 5.37. The van der Waals surface area contributed by atoms with Crippen LogP contribution in [0.15, 0.2) is 66.3 Å². The van der Waals surface area contributed by atoms with Crippen LogP contribution < -0.4 is 5.32 Å². The van der Waals surface area contributed by atoms with Crippen molar-refractivity contribution in [1.82, 2.24) is 0 Å². The predicted molar refractivity (Wildman–Crippen MR) is 100 cm³/mol. The van der Waals surface area contributed by atoms with Gasteiger partial charge in [-0.3, -0.25) is 14.9 Å². The zero-order valence-electron chi connectivity index (χ0n) is 14.2. The molecular weight excluding hydrogens is 330 g/mol. The van der Waals surface area contributed by atoms with E-state index < -0.39 is 10.8 Å². The molecule has 0 fully saturated rings. The number of aryl methyl sites for hydroxylation is 1. The lowest BCUT2D eigenvalue weighted by molar-refractivity contribution is -0.385. The maximum atomic E-state index is 12.2. The zero-order chi connectivity index (χ0) is 18.9. The van der Waals surface area contributed by atoms with Gasteiger partial charge in [0.25, 0.3) is 11.6 Å². The molecule has 0 saturated carbocycles. The molecule has 0 radical (unpaired) electrons. The molecule has 0 spiro atoms. The first-order chi connectivity index (χ1) is 12.5. The normalized spacial score (nSPS) is 11.2. The largest absolute Gasteiger partial charge is 0.321 e. The van der Waals surface area contributed by atoms with Crippen LogP contribution in [0, 0.1) is 21.4 Å². The lowest BCUT2D eigenvalue weighted by Gasteiger charge is -2.04. The summed E-state index contributed by atoms with van der Waals surface area (Å²) in [6, 6.07) is 15.4. The molecule has 26 heavy (non-hydrogen) atoms. The first-order valence-electron chi connectivity index (χ1n) is 7.97. The van der Waals surface area contributed by atoms with Crippen molar-refractivity contribution in [3.8, 4) is 6.07 Å². The number of carbonyl (C=O) groups excluding carboxylic acids is 1. The Morgan fingerprint density at radius 2 is 1.92 bits per heavy atom. The van der Waals surface area contributed by atoms with Gasteiger partial charge in [-0.25, -0.2) is 0 Å². The fourth-order valence-electron chi connectivity index (χ4n) is 2.23. The van der Waals surface area contributed by atoms with Crippen molar-refractivity contribution in [3.63, 3.8) is 0 Å². The summed E-state index contributed by atoms with van der Waals surface area (Å²) >= 11 is 0. The van der Waals surface area contributed by atoms with Crippen LogP contribution in [0.3, 0.4) is 0 Å². The van der Waals surface area contributed by atoms with E-state index in [1.54, 1.807) is 30.3 Å². The average Bonchev–Trinajstić information content (AvgIpc) is 2.66. The number of hydrogen-bond donors (Lipinski definition) is 1. The van der Waals surface area contributed by atoms with Crippen LogP contribution in [-0.2, 0) is 11.2 Å². The molecule has 0 aromatic heterocycles. The molecule has 2 rings (SSSR count). The van der Waals surface area contributed by atoms with Crippen molar-refractivity contribution < 1.29 is 9.72 Å². The predicted octanol–water partition coefficient (Wildman–Crippen LogP) is 4.26. The average molecular weight is 347 g/mol. The second-order valence-corrected chi connectivity index (χ2v) is 5.37. The summed E-state index contributed by atoms with van der Waals surface area (Å²) < 4.78 is 0. The van der Waals surface area contributed by atoms with Crippen molar-refractivity contribution in [3.05, 3.63) is 87.5 Å². The van der Waals surface area contributed by atoms with Gasteiger partial charge in [0.2, 0.25) is 0 Å². The van der Waals surface area contributed by atoms with Crippen LogP contribution in [0.25, 0.3) is 6.08 Å². The number of nitriles is 1. The van der Waals surface area contributed by atoms with Crippen LogP contribution in [-0.4, -0.2) is 10.8 Å². The van der Waals surface area contributed by atoms with Crippen LogP contribution in [0.1, 0.15) is 18.1 Å². The minimum absolute atomic E-state index is 0.0453. The van der Waals surface area contributed by atoms with E-state index in [4.69, 9.17) is 0 Å². The number of carbonyl (C=O) groups is 1. The summed E-state index contributed by atoms with van der Waals surface area (Å²) in [4.78, 5) is 22.7. The number of benzene rings is 2. The molecule has 130 valence electrons. The number of hydrogen-bond acceptors (Lipinski definition) is 4. The van der Waals surface area contributed by atoms with Gasteiger partial charge in [0.05, 0.1) is 10.5 Å². The number of para-hydroxylation sites is 1. The van der Waals surface area contributed by atoms with Crippen LogP contribution >= 0.6 is 0 Å². The third kappa shape index (κ3) is 4.89. The van der Waals surface area contributed by atoms with Crippen molar-refractivity contribution in [2.45, 2.75) is 13.3 Å². The number of nitro benzene ring substituents is 1. The van der Waals surface area contributed by atoms with Gasteiger partial charge in [0.15, 0.2) is 0 Å². The Hall–Kier alpha value is -3.72. The molecule has 0 heterocycles. The number of nitrogens with zero attached hydrogens (tertiary/aromatic N) is 2. The van der Waals surface area contributed by atoms with Crippen molar-refractivity contribution in [2.24, 2.45) is 0 Å². The maximum Gasteiger partial charge on any atom is 0.276 e. The fraction of sp³-hybridized carbons (Fsp3) is 0.100. The van der Waals surface area contributed by atoms with Gasteiger partial charge in [-0.05, 0) is 42.3 Å². The zero-order valence-corrected chi connectivity index (χ0v) is 14.2. The fourth-order valence-corrected chi connectivity index (χ4v) is 2.23. The number of allylic oxidation sites excluding steroid dienone is 2. The van der Waals surface area contributed by atoms with Gasteiger partial charge < -0.3 is 5.32 Å². The Labute approximate surface area is 151 Å². The third-order valence-electron chi connectivity index (χ3n) is 3.66. The Morgan fingerprint density at radius 1 is 1.23 bits per heavy atom. The molecule has 0 aliphatic carbocycles. The molecule has 0 saturated heterocycles. The molecule has 2 aromatic carbocycles. The molecule has 0 aliphatic heterocycles. The van der Waals surface area contributed by atoms with Gasteiger partial charge in [-0.1, -0.05) is 37.3 Å². The maximum absolute atomic E-state index is 12.2. The minimum atomic E-state index is -0.538. The highest BCUT2D eigenvalue weighted by Crippen LogP contribution is 2.19. The van der Waals surface area contributed by atoms with Gasteiger partial charge in [0, 0.05) is 11.8 Å². The number of amides is 1. The van der Waals surface area contributed by atoms with E-state index in [1.807, 2.05) is 25.1 Å². The molecule has 1 amide bonds. The highest BCUT2D eigenvalue weighted by atomic mass is 16.6. The highest BCUT2D eigenvalue weighted by Gasteiger charge is 2.10. The van der Waals surface area contributed by atoms with Crippen LogP contribution in [0.5, 0.6) is 0 Å². The molecule has 0 bridgehead atoms. The van der Waals surface area contributed by atoms with E-state index in [-0.39, 0.29) is 11.3 Å². The van der Waals surface area contributed by atoms with E-state index in [0.29, 0.717) is 11.3 Å². The van der Waals surface area contributed by atoms with E-state index in [9.17, 15) is 20.2 Å². The monoisotopic (exact) mass is 347 g/mol. The van der Waals surface area contributed by atoms with Crippen molar-refractivity contribution in [2.75, 3.05) is 5.32 Å². The lowest BCUT2D eigenvalue weighted by Crippen LogP contribution is -2.13. The van der Waals surface area contributed by atoms with E-state index in [0.717, 1.165) is 12.0 Å². The number of nitrogens with one attached hydrogen (secondary N) is 1. The van der Waals surface area contributed by atoms with Crippen molar-refractivity contribution in [1.29, 1.82) is 5.26 Å². The van der Waals surface area contributed by atoms with Crippen LogP contribution in [0.2, 0.25) is 0 Å². The summed E-state index contributed by atoms with van der Waals surface area (Å²) in [5.74, 6) is -0.538. The second kappa shape index (κ2) is 8.94. The van der Waals surface area contributed by atoms with Crippen LogP contribution in [0.4, 0.5) is 11.4 Å². The number of anilines is 1. The lowest BCUT2D eigenvalue weighted by atomic mass is 10.1. The highest BCUT2D eigenvalue weighted by molar-refractivity contribution is 6.06. The molecule has 1 N–H and O–H groups in total. The quantitative estimate of drug-likeness (QED) is 0.278. The van der Waals surface area contributed by atoms with E-state index in [2.05, 4.69) is 5.32 Å². The molecule has 0 unspecified atom stereocenters. The van der Waals surface area contributed by atoms with E-state index in [1.165, 1.54) is 24.3 Å². The third-order valence-corrected chi connectivity index (χ3v) is 3.66. The summed E-state index contributed by atoms with van der Waals surface area (Å²) in [5.41, 5.74) is 1.99. The topological polar surface area (TPSA) is 96.0 Å². The SMILES string of the molecule is CCc1ccc(NC(=O)C(C#N)=CC=Cc2ccccc2[N+](=O)[O-])cc1. The molecule has 6 heteroatoms. The summed E-state index contributed by atoms with van der Waals surface area (Å²) in [5, 5.41) is 22.8. The standard InChI is InChI=1S/C20H17N3O3/c1-2-15-10-12-18(13-11-15)22-20(24)17(14-21)8-5-7-16-6-3-4-9-19(16)23(25)26/h3-13H,2H2,1H3,(H,22,24). The Kier molecular flexibility index (Phi) is 6.40. The molecule has 0 atom stereocenters. The summed E-state index contributed by atoms with van der Waals surface area (Å²) in [6.07, 6.45) is 5.15. The van der Waals surface area contributed by atoms with Gasteiger partial charge in [-0.15, -0.1) is 0 Å².